The molecule has 2 saturated heterocycles. The van der Waals surface area contributed by atoms with Crippen LogP contribution in [0.25, 0.3) is 0 Å². The van der Waals surface area contributed by atoms with E-state index in [2.05, 4.69) is 0 Å². The maximum Gasteiger partial charge on any atom is 0.339 e. The van der Waals surface area contributed by atoms with E-state index in [4.69, 9.17) is 33.2 Å². The van der Waals surface area contributed by atoms with Crippen LogP contribution in [0.1, 0.15) is 55.3 Å². The van der Waals surface area contributed by atoms with Crippen molar-refractivity contribution >= 4 is 35.8 Å². The number of aliphatic hydroxyl groups excluding tert-OH is 4. The van der Waals surface area contributed by atoms with Gasteiger partial charge < -0.3 is 63.8 Å². The second-order valence-corrected chi connectivity index (χ2v) is 11.2. The number of ether oxygens (including phenoxy) is 7. The Kier molecular flexibility index (Phi) is 12.8. The second-order valence-electron chi connectivity index (χ2n) is 11.2. The minimum atomic E-state index is -2.13. The summed E-state index contributed by atoms with van der Waals surface area (Å²) in [7, 11) is 0. The van der Waals surface area contributed by atoms with E-state index >= 15 is 0 Å². The highest BCUT2D eigenvalue weighted by Gasteiger charge is 2.53. The molecule has 2 heterocycles. The quantitative estimate of drug-likeness (QED) is 0.112. The molecular weight excluding hydrogens is 688 g/mol. The Hall–Kier alpha value is -5.02. The molecule has 10 unspecified atom stereocenters. The lowest BCUT2D eigenvalue weighted by Gasteiger charge is -2.46. The van der Waals surface area contributed by atoms with Crippen molar-refractivity contribution in [2.45, 2.75) is 75.3 Å². The topological polar surface area (TPSA) is 288 Å². The van der Waals surface area contributed by atoms with Crippen molar-refractivity contribution in [3.63, 3.8) is 0 Å². The molecule has 2 aliphatic heterocycles. The van der Waals surface area contributed by atoms with Crippen LogP contribution in [0.15, 0.2) is 48.5 Å². The first-order chi connectivity index (χ1) is 24.1. The van der Waals surface area contributed by atoms with Gasteiger partial charge in [0.15, 0.2) is 24.8 Å². The molecule has 0 amide bonds. The molecule has 2 aromatic carbocycles. The van der Waals surface area contributed by atoms with Gasteiger partial charge in [0.1, 0.15) is 49.8 Å². The predicted molar refractivity (Wildman–Crippen MR) is 161 cm³/mol. The zero-order chi connectivity index (χ0) is 37.6. The molecule has 0 aliphatic carbocycles. The Bertz CT molecular complexity index is 1620. The molecule has 51 heavy (non-hydrogen) atoms. The number of rotatable bonds is 12. The van der Waals surface area contributed by atoms with Gasteiger partial charge in [0.2, 0.25) is 0 Å². The van der Waals surface area contributed by atoms with E-state index in [1.807, 2.05) is 0 Å². The minimum Gasteiger partial charge on any atom is -0.478 e. The van der Waals surface area contributed by atoms with Crippen molar-refractivity contribution < 1.29 is 92.6 Å². The van der Waals surface area contributed by atoms with Gasteiger partial charge in [-0.05, 0) is 24.3 Å². The van der Waals surface area contributed by atoms with E-state index in [1.54, 1.807) is 0 Å². The summed E-state index contributed by atoms with van der Waals surface area (Å²) in [6.07, 6.45) is -19.2. The van der Waals surface area contributed by atoms with Gasteiger partial charge in [0.05, 0.1) is 22.3 Å². The van der Waals surface area contributed by atoms with E-state index in [9.17, 15) is 59.4 Å². The van der Waals surface area contributed by atoms with Crippen molar-refractivity contribution in [3.8, 4) is 0 Å². The fraction of sp³-hybridized carbons (Fsp3) is 0.438. The first kappa shape index (κ1) is 38.8. The highest BCUT2D eigenvalue weighted by atomic mass is 16.7. The number of carbonyl (C=O) groups is 6. The standard InChI is InChI=1S/C32H34O19/c1-13(33)45-11-19-21(35)25(49-29(42)17-9-5-3-7-15(17)27(38)39)23(37)32(48-19)51-24-20(12-46-14(2)34)47-31(44)26(22(24)36)50-30(43)18-10-6-4-8-16(18)28(40)41/h3-10,19-26,31-32,35-37,44H,11-12H2,1-2H3,(H,38,39)(H,40,41). The Morgan fingerprint density at radius 2 is 1.04 bits per heavy atom. The molecule has 0 bridgehead atoms. The summed E-state index contributed by atoms with van der Waals surface area (Å²) in [6, 6.07) is 9.80. The summed E-state index contributed by atoms with van der Waals surface area (Å²) < 4.78 is 37.3. The number of hydrogen-bond acceptors (Lipinski definition) is 17. The molecule has 19 nitrogen and oxygen atoms in total. The third kappa shape index (κ3) is 9.21. The number of esters is 4. The zero-order valence-corrected chi connectivity index (χ0v) is 26.8. The zero-order valence-electron chi connectivity index (χ0n) is 26.8. The number of aliphatic hydroxyl groups is 4. The number of aromatic carboxylic acids is 2. The van der Waals surface area contributed by atoms with Crippen molar-refractivity contribution in [3.05, 3.63) is 70.8 Å². The van der Waals surface area contributed by atoms with Crippen molar-refractivity contribution in [1.82, 2.24) is 0 Å². The molecule has 2 fully saturated rings. The van der Waals surface area contributed by atoms with E-state index < -0.39 is 133 Å². The van der Waals surface area contributed by atoms with E-state index in [-0.39, 0.29) is 0 Å². The fourth-order valence-electron chi connectivity index (χ4n) is 5.25. The number of carboxylic acid groups (broad SMARTS) is 2. The minimum absolute atomic E-state index is 0.452. The third-order valence-electron chi connectivity index (χ3n) is 7.71. The first-order valence-corrected chi connectivity index (χ1v) is 15.1. The van der Waals surface area contributed by atoms with Crippen LogP contribution in [-0.2, 0) is 42.7 Å². The molecule has 0 saturated carbocycles. The maximum absolute atomic E-state index is 13.1. The normalized spacial score (nSPS) is 28.9. The Morgan fingerprint density at radius 3 is 1.51 bits per heavy atom. The van der Waals surface area contributed by atoms with Crippen LogP contribution in [0, 0.1) is 0 Å². The van der Waals surface area contributed by atoms with Crippen LogP contribution < -0.4 is 0 Å². The summed E-state index contributed by atoms with van der Waals surface area (Å²) in [5, 5.41) is 63.3. The number of benzene rings is 2. The Labute approximate surface area is 287 Å². The van der Waals surface area contributed by atoms with E-state index in [0.717, 1.165) is 38.1 Å². The summed E-state index contributed by atoms with van der Waals surface area (Å²) >= 11 is 0. The average molecular weight is 723 g/mol. The van der Waals surface area contributed by atoms with Crippen LogP contribution in [0.3, 0.4) is 0 Å². The van der Waals surface area contributed by atoms with Crippen molar-refractivity contribution in [2.75, 3.05) is 13.2 Å². The number of carbonyl (C=O) groups excluding carboxylic acids is 4. The molecule has 4 rings (SSSR count). The van der Waals surface area contributed by atoms with Gasteiger partial charge in [-0.15, -0.1) is 0 Å². The predicted octanol–water partition coefficient (Wildman–Crippen LogP) is -1.13. The summed E-state index contributed by atoms with van der Waals surface area (Å²) in [4.78, 5) is 72.6. The fourth-order valence-corrected chi connectivity index (χ4v) is 5.25. The largest absolute Gasteiger partial charge is 0.478 e. The number of carboxylic acids is 2. The molecule has 10 atom stereocenters. The first-order valence-electron chi connectivity index (χ1n) is 15.1. The molecule has 0 aromatic heterocycles. The van der Waals surface area contributed by atoms with Gasteiger partial charge in [-0.1, -0.05) is 24.3 Å². The lowest BCUT2D eigenvalue weighted by molar-refractivity contribution is -0.354. The lowest BCUT2D eigenvalue weighted by atomic mass is 9.96. The molecule has 0 spiro atoms. The molecule has 0 radical (unpaired) electrons. The number of hydrogen-bond donors (Lipinski definition) is 6. The van der Waals surface area contributed by atoms with Crippen LogP contribution >= 0.6 is 0 Å². The maximum atomic E-state index is 13.1. The van der Waals surface area contributed by atoms with E-state index in [0.29, 0.717) is 0 Å². The lowest BCUT2D eigenvalue weighted by Crippen LogP contribution is -2.65. The van der Waals surface area contributed by atoms with Gasteiger partial charge in [-0.25, -0.2) is 19.2 Å². The monoisotopic (exact) mass is 722 g/mol. The molecule has 2 aromatic rings. The van der Waals surface area contributed by atoms with Crippen LogP contribution in [0.4, 0.5) is 0 Å². The molecule has 2 aliphatic rings. The highest BCUT2D eigenvalue weighted by Crippen LogP contribution is 2.32. The van der Waals surface area contributed by atoms with Crippen LogP contribution in [0.5, 0.6) is 0 Å². The SMILES string of the molecule is CC(=O)OCC1OC(OC2C(COC(C)=O)OC(O)C(OC(=O)c3ccccc3C(=O)O)C2O)C(O)C(OC(=O)c2ccccc2C(=O)O)C1O. The van der Waals surface area contributed by atoms with Gasteiger partial charge in [0.25, 0.3) is 0 Å². The Morgan fingerprint density at radius 1 is 0.588 bits per heavy atom. The van der Waals surface area contributed by atoms with E-state index in [1.165, 1.54) is 24.3 Å². The summed E-state index contributed by atoms with van der Waals surface area (Å²) in [5.41, 5.74) is -1.84. The third-order valence-corrected chi connectivity index (χ3v) is 7.71. The molecule has 276 valence electrons. The average Bonchev–Trinajstić information content (AvgIpc) is 3.08. The van der Waals surface area contributed by atoms with Crippen molar-refractivity contribution in [1.29, 1.82) is 0 Å². The van der Waals surface area contributed by atoms with Crippen LogP contribution in [-0.4, -0.2) is 141 Å². The van der Waals surface area contributed by atoms with Gasteiger partial charge in [0, 0.05) is 13.8 Å². The van der Waals surface area contributed by atoms with Crippen LogP contribution in [0.2, 0.25) is 0 Å². The molecule has 19 heteroatoms. The van der Waals surface area contributed by atoms with Gasteiger partial charge in [-0.2, -0.15) is 0 Å². The smallest absolute Gasteiger partial charge is 0.339 e. The summed E-state index contributed by atoms with van der Waals surface area (Å²) in [5.74, 6) is -7.22. The van der Waals surface area contributed by atoms with Crippen molar-refractivity contribution in [2.24, 2.45) is 0 Å². The molecular formula is C32H34O19. The van der Waals surface area contributed by atoms with Gasteiger partial charge >= 0.3 is 35.8 Å². The summed E-state index contributed by atoms with van der Waals surface area (Å²) in [6.45, 7) is 0.691. The molecule has 6 N–H and O–H groups in total. The second kappa shape index (κ2) is 16.8. The van der Waals surface area contributed by atoms with Gasteiger partial charge in [-0.3, -0.25) is 9.59 Å². The highest BCUT2D eigenvalue weighted by molar-refractivity contribution is 6.03. The Balaban J connectivity index is 1.64.